The van der Waals surface area contributed by atoms with E-state index in [1.807, 2.05) is 0 Å². The van der Waals surface area contributed by atoms with Crippen molar-refractivity contribution >= 4 is 15.9 Å². The van der Waals surface area contributed by atoms with E-state index in [0.717, 1.165) is 25.7 Å². The third-order valence-corrected chi connectivity index (χ3v) is 5.88. The summed E-state index contributed by atoms with van der Waals surface area (Å²) in [5.74, 6) is 0.435. The zero-order valence-electron chi connectivity index (χ0n) is 14.9. The number of ether oxygens (including phenoxy) is 2. The number of hydrogen-bond acceptors (Lipinski definition) is 5. The predicted octanol–water partition coefficient (Wildman–Crippen LogP) is 1.82. The minimum atomic E-state index is -3.85. The lowest BCUT2D eigenvalue weighted by Crippen LogP contribution is -2.48. The van der Waals surface area contributed by atoms with Crippen molar-refractivity contribution < 1.29 is 22.7 Å². The van der Waals surface area contributed by atoms with E-state index < -0.39 is 16.1 Å². The monoisotopic (exact) mass is 370 g/mol. The number of carbonyl (C=O) groups is 1. The van der Waals surface area contributed by atoms with Crippen LogP contribution in [0.2, 0.25) is 0 Å². The van der Waals surface area contributed by atoms with Gasteiger partial charge in [-0.15, -0.1) is 0 Å². The fraction of sp³-hybridized carbons (Fsp3) is 0.588. The maximum absolute atomic E-state index is 12.5. The smallest absolute Gasteiger partial charge is 0.241 e. The van der Waals surface area contributed by atoms with Gasteiger partial charge in [0.15, 0.2) is 11.5 Å². The Morgan fingerprint density at radius 2 is 1.76 bits per heavy atom. The van der Waals surface area contributed by atoms with Gasteiger partial charge in [-0.05, 0) is 31.9 Å². The second kappa shape index (κ2) is 8.53. The third kappa shape index (κ3) is 5.09. The van der Waals surface area contributed by atoms with Crippen LogP contribution in [0, 0.1) is 0 Å². The van der Waals surface area contributed by atoms with E-state index in [-0.39, 0.29) is 16.8 Å². The van der Waals surface area contributed by atoms with Gasteiger partial charge in [-0.25, -0.2) is 8.42 Å². The molecule has 1 atom stereocenters. The molecule has 0 aromatic heterocycles. The normalized spacial score (nSPS) is 16.9. The van der Waals surface area contributed by atoms with Gasteiger partial charge in [0.1, 0.15) is 0 Å². The number of amides is 1. The van der Waals surface area contributed by atoms with Gasteiger partial charge in [-0.2, -0.15) is 4.72 Å². The molecule has 0 spiro atoms. The van der Waals surface area contributed by atoms with Crippen LogP contribution >= 0.6 is 0 Å². The van der Waals surface area contributed by atoms with Crippen LogP contribution in [0.25, 0.3) is 0 Å². The number of hydrogen-bond donors (Lipinski definition) is 2. The van der Waals surface area contributed by atoms with Crippen LogP contribution in [0.15, 0.2) is 23.1 Å². The first-order valence-corrected chi connectivity index (χ1v) is 9.90. The minimum absolute atomic E-state index is 0.0162. The molecule has 2 N–H and O–H groups in total. The average Bonchev–Trinajstić information content (AvgIpc) is 2.61. The fourth-order valence-electron chi connectivity index (χ4n) is 2.91. The van der Waals surface area contributed by atoms with Gasteiger partial charge in [0.05, 0.1) is 25.2 Å². The van der Waals surface area contributed by atoms with Gasteiger partial charge >= 0.3 is 0 Å². The summed E-state index contributed by atoms with van der Waals surface area (Å²) in [6, 6.07) is 3.57. The summed E-state index contributed by atoms with van der Waals surface area (Å²) in [5.41, 5.74) is 0. The standard InChI is InChI=1S/C17H26N2O5S/c1-12(17(20)18-13-7-5-4-6-8-13)19-25(21,22)14-9-10-15(23-2)16(11-14)24-3/h9-13,19H,4-8H2,1-3H3,(H,18,20)/t12-/m1/s1. The molecule has 0 saturated heterocycles. The Morgan fingerprint density at radius 1 is 1.12 bits per heavy atom. The van der Waals surface area contributed by atoms with Gasteiger partial charge in [0.2, 0.25) is 15.9 Å². The molecule has 2 rings (SSSR count). The van der Waals surface area contributed by atoms with Crippen molar-refractivity contribution in [1.82, 2.24) is 10.0 Å². The van der Waals surface area contributed by atoms with Crippen LogP contribution in [0.1, 0.15) is 39.0 Å². The lowest BCUT2D eigenvalue weighted by atomic mass is 9.95. The lowest BCUT2D eigenvalue weighted by molar-refractivity contribution is -0.123. The van der Waals surface area contributed by atoms with Crippen LogP contribution in [-0.4, -0.2) is 40.6 Å². The van der Waals surface area contributed by atoms with Gasteiger partial charge in [0.25, 0.3) is 0 Å². The maximum atomic E-state index is 12.5. The van der Waals surface area contributed by atoms with Crippen molar-refractivity contribution in [1.29, 1.82) is 0 Å². The molecule has 25 heavy (non-hydrogen) atoms. The number of nitrogens with one attached hydrogen (secondary N) is 2. The average molecular weight is 370 g/mol. The van der Waals surface area contributed by atoms with Gasteiger partial charge in [-0.3, -0.25) is 4.79 Å². The zero-order valence-corrected chi connectivity index (χ0v) is 15.7. The van der Waals surface area contributed by atoms with Crippen LogP contribution in [0.3, 0.4) is 0 Å². The molecular weight excluding hydrogens is 344 g/mol. The van der Waals surface area contributed by atoms with Crippen LogP contribution in [0.4, 0.5) is 0 Å². The highest BCUT2D eigenvalue weighted by atomic mass is 32.2. The number of sulfonamides is 1. The first-order valence-electron chi connectivity index (χ1n) is 8.42. The quantitative estimate of drug-likeness (QED) is 0.764. The third-order valence-electron chi connectivity index (χ3n) is 4.34. The summed E-state index contributed by atoms with van der Waals surface area (Å²) in [5, 5.41) is 2.92. The lowest BCUT2D eigenvalue weighted by Gasteiger charge is -2.24. The molecule has 1 aliphatic rings. The first kappa shape index (κ1) is 19.5. The van der Waals surface area contributed by atoms with E-state index in [9.17, 15) is 13.2 Å². The summed E-state index contributed by atoms with van der Waals surface area (Å²) < 4.78 is 37.7. The van der Waals surface area contributed by atoms with E-state index in [1.54, 1.807) is 0 Å². The summed E-state index contributed by atoms with van der Waals surface area (Å²) in [7, 11) is -0.943. The Morgan fingerprint density at radius 3 is 2.36 bits per heavy atom. The molecule has 0 unspecified atom stereocenters. The Bertz CT molecular complexity index is 699. The summed E-state index contributed by atoms with van der Waals surface area (Å²) in [6.07, 6.45) is 5.27. The Balaban J connectivity index is 2.05. The molecule has 0 heterocycles. The van der Waals surface area contributed by atoms with Crippen LogP contribution in [0.5, 0.6) is 11.5 Å². The van der Waals surface area contributed by atoms with Gasteiger partial charge < -0.3 is 14.8 Å². The van der Waals surface area contributed by atoms with E-state index in [4.69, 9.17) is 9.47 Å². The van der Waals surface area contributed by atoms with E-state index in [1.165, 1.54) is 45.8 Å². The second-order valence-electron chi connectivity index (χ2n) is 6.20. The molecule has 1 saturated carbocycles. The summed E-state index contributed by atoms with van der Waals surface area (Å²) in [4.78, 5) is 12.3. The van der Waals surface area contributed by atoms with Gasteiger partial charge in [0, 0.05) is 12.1 Å². The Labute approximate surface area is 149 Å². The molecule has 1 aromatic carbocycles. The molecule has 8 heteroatoms. The molecular formula is C17H26N2O5S. The number of carbonyl (C=O) groups excluding carboxylic acids is 1. The van der Waals surface area contributed by atoms with Crippen molar-refractivity contribution in [2.75, 3.05) is 14.2 Å². The molecule has 0 aliphatic heterocycles. The zero-order chi connectivity index (χ0) is 18.4. The molecule has 1 fully saturated rings. The van der Waals surface area contributed by atoms with E-state index >= 15 is 0 Å². The highest BCUT2D eigenvalue weighted by Crippen LogP contribution is 2.29. The highest BCUT2D eigenvalue weighted by Gasteiger charge is 2.25. The largest absolute Gasteiger partial charge is 0.493 e. The van der Waals surface area contributed by atoms with Gasteiger partial charge in [-0.1, -0.05) is 19.3 Å². The van der Waals surface area contributed by atoms with Crippen LogP contribution in [-0.2, 0) is 14.8 Å². The SMILES string of the molecule is COc1ccc(S(=O)(=O)N[C@H](C)C(=O)NC2CCCCC2)cc1OC. The summed E-state index contributed by atoms with van der Waals surface area (Å²) in [6.45, 7) is 1.54. The topological polar surface area (TPSA) is 93.7 Å². The molecule has 7 nitrogen and oxygen atoms in total. The number of rotatable bonds is 7. The van der Waals surface area contributed by atoms with Crippen molar-refractivity contribution in [3.05, 3.63) is 18.2 Å². The van der Waals surface area contributed by atoms with Crippen molar-refractivity contribution in [3.8, 4) is 11.5 Å². The maximum Gasteiger partial charge on any atom is 0.241 e. The van der Waals surface area contributed by atoms with Crippen molar-refractivity contribution in [2.45, 2.75) is 56.0 Å². The minimum Gasteiger partial charge on any atom is -0.493 e. The molecule has 140 valence electrons. The fourth-order valence-corrected chi connectivity index (χ4v) is 4.13. The van der Waals surface area contributed by atoms with Crippen molar-refractivity contribution in [3.63, 3.8) is 0 Å². The molecule has 1 amide bonds. The molecule has 1 aliphatic carbocycles. The van der Waals surface area contributed by atoms with Crippen molar-refractivity contribution in [2.24, 2.45) is 0 Å². The number of benzene rings is 1. The Kier molecular flexibility index (Phi) is 6.66. The summed E-state index contributed by atoms with van der Waals surface area (Å²) >= 11 is 0. The van der Waals surface area contributed by atoms with E-state index in [0.29, 0.717) is 11.5 Å². The first-order chi connectivity index (χ1) is 11.9. The molecule has 0 bridgehead atoms. The van der Waals surface area contributed by atoms with Crippen LogP contribution < -0.4 is 19.5 Å². The predicted molar refractivity (Wildman–Crippen MR) is 94.3 cm³/mol. The molecule has 1 aromatic rings. The second-order valence-corrected chi connectivity index (χ2v) is 7.92. The molecule has 0 radical (unpaired) electrons. The number of methoxy groups -OCH3 is 2. The highest BCUT2D eigenvalue weighted by molar-refractivity contribution is 7.89. The van der Waals surface area contributed by atoms with E-state index in [2.05, 4.69) is 10.0 Å². The Hall–Kier alpha value is -1.80.